The lowest BCUT2D eigenvalue weighted by Gasteiger charge is -2.12. The molecular formula is C11H14ClNO5. The molecule has 6 nitrogen and oxygen atoms in total. The number of anilines is 1. The average molecular weight is 276 g/mol. The van der Waals surface area contributed by atoms with Crippen LogP contribution in [0.1, 0.15) is 17.3 Å². The van der Waals surface area contributed by atoms with Gasteiger partial charge >= 0.3 is 11.9 Å². The van der Waals surface area contributed by atoms with Crippen molar-refractivity contribution in [2.45, 2.75) is 13.0 Å². The minimum absolute atomic E-state index is 0. The standard InChI is InChI=1S/C11H13NO5.ClH/c1-6(10(13)14)12-7-3-4-9(17-2)8(5-7)11(15)16;/h3-6,12H,1-2H3,(H,13,14)(H,15,16);1H/t6-;/m0./s1. The molecule has 0 fully saturated rings. The zero-order valence-electron chi connectivity index (χ0n) is 9.84. The Balaban J connectivity index is 0.00000289. The number of carboxylic acid groups (broad SMARTS) is 2. The van der Waals surface area contributed by atoms with Gasteiger partial charge in [-0.25, -0.2) is 4.79 Å². The largest absolute Gasteiger partial charge is 0.496 e. The Bertz CT molecular complexity index is 449. The first-order valence-electron chi connectivity index (χ1n) is 4.86. The van der Waals surface area contributed by atoms with Gasteiger partial charge in [0.25, 0.3) is 0 Å². The quantitative estimate of drug-likeness (QED) is 0.757. The van der Waals surface area contributed by atoms with E-state index in [1.54, 1.807) is 6.07 Å². The number of hydrogen-bond acceptors (Lipinski definition) is 4. The Labute approximate surface area is 110 Å². The molecule has 0 radical (unpaired) electrons. The van der Waals surface area contributed by atoms with E-state index in [1.165, 1.54) is 26.2 Å². The zero-order chi connectivity index (χ0) is 13.0. The molecule has 0 saturated carbocycles. The van der Waals surface area contributed by atoms with Gasteiger partial charge in [0.1, 0.15) is 17.4 Å². The first kappa shape index (κ1) is 16.1. The van der Waals surface area contributed by atoms with Crippen LogP contribution in [-0.4, -0.2) is 35.3 Å². The van der Waals surface area contributed by atoms with E-state index in [1.807, 2.05) is 0 Å². The van der Waals surface area contributed by atoms with Gasteiger partial charge in [-0.05, 0) is 25.1 Å². The molecule has 7 heteroatoms. The van der Waals surface area contributed by atoms with E-state index in [4.69, 9.17) is 14.9 Å². The van der Waals surface area contributed by atoms with Crippen molar-refractivity contribution < 1.29 is 24.5 Å². The minimum Gasteiger partial charge on any atom is -0.496 e. The van der Waals surface area contributed by atoms with Gasteiger partial charge in [-0.2, -0.15) is 0 Å². The van der Waals surface area contributed by atoms with Crippen molar-refractivity contribution in [1.29, 1.82) is 0 Å². The highest BCUT2D eigenvalue weighted by atomic mass is 35.5. The third-order valence-corrected chi connectivity index (χ3v) is 2.18. The maximum Gasteiger partial charge on any atom is 0.339 e. The van der Waals surface area contributed by atoms with Crippen molar-refractivity contribution in [3.8, 4) is 5.75 Å². The molecule has 1 aromatic rings. The van der Waals surface area contributed by atoms with Crippen LogP contribution in [0, 0.1) is 0 Å². The molecule has 0 spiro atoms. The Hall–Kier alpha value is -1.95. The highest BCUT2D eigenvalue weighted by Gasteiger charge is 2.14. The average Bonchev–Trinajstić information content (AvgIpc) is 2.28. The molecule has 0 aliphatic rings. The summed E-state index contributed by atoms with van der Waals surface area (Å²) in [5, 5.41) is 20.3. The number of aromatic carboxylic acids is 1. The van der Waals surface area contributed by atoms with E-state index in [0.717, 1.165) is 0 Å². The molecule has 1 atom stereocenters. The number of carbonyl (C=O) groups is 2. The Morgan fingerprint density at radius 2 is 1.94 bits per heavy atom. The molecule has 1 aromatic carbocycles. The maximum absolute atomic E-state index is 10.9. The van der Waals surface area contributed by atoms with Gasteiger partial charge in [-0.1, -0.05) is 0 Å². The topological polar surface area (TPSA) is 95.9 Å². The predicted octanol–water partition coefficient (Wildman–Crippen LogP) is 1.70. The summed E-state index contributed by atoms with van der Waals surface area (Å²) in [4.78, 5) is 21.6. The number of benzene rings is 1. The number of halogens is 1. The monoisotopic (exact) mass is 275 g/mol. The van der Waals surface area contributed by atoms with Crippen LogP contribution >= 0.6 is 12.4 Å². The van der Waals surface area contributed by atoms with Crippen LogP contribution in [0.5, 0.6) is 5.75 Å². The lowest BCUT2D eigenvalue weighted by Crippen LogP contribution is -2.25. The fourth-order valence-corrected chi connectivity index (χ4v) is 1.28. The second-order valence-electron chi connectivity index (χ2n) is 3.42. The predicted molar refractivity (Wildman–Crippen MR) is 67.9 cm³/mol. The SMILES string of the molecule is COc1ccc(N[C@@H](C)C(=O)O)cc1C(=O)O.Cl. The Morgan fingerprint density at radius 3 is 2.39 bits per heavy atom. The summed E-state index contributed by atoms with van der Waals surface area (Å²) in [6.07, 6.45) is 0. The summed E-state index contributed by atoms with van der Waals surface area (Å²) < 4.78 is 4.89. The molecule has 3 N–H and O–H groups in total. The fourth-order valence-electron chi connectivity index (χ4n) is 1.28. The van der Waals surface area contributed by atoms with Crippen LogP contribution < -0.4 is 10.1 Å². The zero-order valence-corrected chi connectivity index (χ0v) is 10.7. The van der Waals surface area contributed by atoms with Crippen molar-refractivity contribution >= 4 is 30.0 Å². The second kappa shape index (κ2) is 6.70. The first-order chi connectivity index (χ1) is 7.95. The molecule has 0 aliphatic heterocycles. The van der Waals surface area contributed by atoms with E-state index in [9.17, 15) is 9.59 Å². The molecule has 1 rings (SSSR count). The third kappa shape index (κ3) is 3.81. The third-order valence-electron chi connectivity index (χ3n) is 2.18. The molecule has 100 valence electrons. The second-order valence-corrected chi connectivity index (χ2v) is 3.42. The van der Waals surface area contributed by atoms with Crippen LogP contribution in [0.15, 0.2) is 18.2 Å². The van der Waals surface area contributed by atoms with E-state index >= 15 is 0 Å². The summed E-state index contributed by atoms with van der Waals surface area (Å²) in [6, 6.07) is 3.57. The molecule has 0 bridgehead atoms. The van der Waals surface area contributed by atoms with Gasteiger partial charge in [0.05, 0.1) is 7.11 Å². The molecule has 0 saturated heterocycles. The number of methoxy groups -OCH3 is 1. The molecule has 18 heavy (non-hydrogen) atoms. The maximum atomic E-state index is 10.9. The van der Waals surface area contributed by atoms with E-state index in [0.29, 0.717) is 5.69 Å². The molecule has 0 amide bonds. The van der Waals surface area contributed by atoms with Gasteiger partial charge in [-0.3, -0.25) is 4.79 Å². The molecule has 0 aromatic heterocycles. The van der Waals surface area contributed by atoms with Crippen LogP contribution in [-0.2, 0) is 4.79 Å². The Kier molecular flexibility index (Phi) is 5.98. The van der Waals surface area contributed by atoms with E-state index in [-0.39, 0.29) is 23.7 Å². The van der Waals surface area contributed by atoms with Crippen molar-refractivity contribution in [1.82, 2.24) is 0 Å². The number of ether oxygens (including phenoxy) is 1. The smallest absolute Gasteiger partial charge is 0.339 e. The summed E-state index contributed by atoms with van der Waals surface area (Å²) in [5.74, 6) is -1.92. The Morgan fingerprint density at radius 1 is 1.33 bits per heavy atom. The number of carboxylic acids is 2. The van der Waals surface area contributed by atoms with Crippen LogP contribution in [0.4, 0.5) is 5.69 Å². The van der Waals surface area contributed by atoms with Gasteiger partial charge in [0, 0.05) is 5.69 Å². The van der Waals surface area contributed by atoms with Crippen molar-refractivity contribution in [2.24, 2.45) is 0 Å². The van der Waals surface area contributed by atoms with Crippen LogP contribution in [0.25, 0.3) is 0 Å². The van der Waals surface area contributed by atoms with Crippen molar-refractivity contribution in [2.75, 3.05) is 12.4 Å². The van der Waals surface area contributed by atoms with E-state index in [2.05, 4.69) is 5.32 Å². The summed E-state index contributed by atoms with van der Waals surface area (Å²) in [5.41, 5.74) is 0.396. The number of nitrogens with one attached hydrogen (secondary N) is 1. The lowest BCUT2D eigenvalue weighted by molar-refractivity contribution is -0.137. The number of hydrogen-bond donors (Lipinski definition) is 3. The van der Waals surface area contributed by atoms with Gasteiger partial charge in [0.2, 0.25) is 0 Å². The number of aliphatic carboxylic acids is 1. The highest BCUT2D eigenvalue weighted by Crippen LogP contribution is 2.22. The molecule has 0 unspecified atom stereocenters. The summed E-state index contributed by atoms with van der Waals surface area (Å²) in [6.45, 7) is 1.47. The van der Waals surface area contributed by atoms with Crippen molar-refractivity contribution in [3.05, 3.63) is 23.8 Å². The minimum atomic E-state index is -1.13. The molecular weight excluding hydrogens is 262 g/mol. The lowest BCUT2D eigenvalue weighted by atomic mass is 10.1. The molecule has 0 aliphatic carbocycles. The van der Waals surface area contributed by atoms with Gasteiger partial charge in [-0.15, -0.1) is 12.4 Å². The van der Waals surface area contributed by atoms with Gasteiger partial charge < -0.3 is 20.3 Å². The first-order valence-corrected chi connectivity index (χ1v) is 4.86. The number of rotatable bonds is 5. The van der Waals surface area contributed by atoms with E-state index < -0.39 is 18.0 Å². The fraction of sp³-hybridized carbons (Fsp3) is 0.273. The summed E-state index contributed by atoms with van der Waals surface area (Å²) >= 11 is 0. The van der Waals surface area contributed by atoms with Gasteiger partial charge in [0.15, 0.2) is 0 Å². The van der Waals surface area contributed by atoms with Crippen molar-refractivity contribution in [3.63, 3.8) is 0 Å². The molecule has 0 heterocycles. The highest BCUT2D eigenvalue weighted by molar-refractivity contribution is 5.92. The van der Waals surface area contributed by atoms with Crippen LogP contribution in [0.3, 0.4) is 0 Å². The van der Waals surface area contributed by atoms with Crippen LogP contribution in [0.2, 0.25) is 0 Å². The summed E-state index contributed by atoms with van der Waals surface area (Å²) in [7, 11) is 1.37. The normalized spacial score (nSPS) is 11.0.